The van der Waals surface area contributed by atoms with Crippen LogP contribution in [0.3, 0.4) is 0 Å². The third kappa shape index (κ3) is 5.13. The third-order valence-electron chi connectivity index (χ3n) is 4.81. The van der Waals surface area contributed by atoms with Crippen molar-refractivity contribution in [2.24, 2.45) is 0 Å². The molecule has 0 unspecified atom stereocenters. The Morgan fingerprint density at radius 2 is 2.00 bits per heavy atom. The lowest BCUT2D eigenvalue weighted by atomic mass is 10.2. The molecule has 2 heterocycles. The topological polar surface area (TPSA) is 82.2 Å². The fourth-order valence-electron chi connectivity index (χ4n) is 3.11. The van der Waals surface area contributed by atoms with Gasteiger partial charge in [-0.05, 0) is 55.8 Å². The maximum atomic E-state index is 12.5. The van der Waals surface area contributed by atoms with E-state index in [1.807, 2.05) is 38.1 Å². The van der Waals surface area contributed by atoms with Gasteiger partial charge in [-0.1, -0.05) is 28.9 Å². The summed E-state index contributed by atoms with van der Waals surface area (Å²) in [4.78, 5) is 12.5. The van der Waals surface area contributed by atoms with Gasteiger partial charge in [0.2, 0.25) is 0 Å². The van der Waals surface area contributed by atoms with Crippen molar-refractivity contribution in [3.63, 3.8) is 0 Å². The quantitative estimate of drug-likeness (QED) is 0.439. The van der Waals surface area contributed by atoms with Gasteiger partial charge in [0.15, 0.2) is 0 Å². The largest absolute Gasteiger partial charge is 0.489 e. The first kappa shape index (κ1) is 20.7. The Hall–Kier alpha value is -3.58. The summed E-state index contributed by atoms with van der Waals surface area (Å²) in [6.45, 7) is 4.65. The molecule has 0 spiro atoms. The fraction of sp³-hybridized carbons (Fsp3) is 0.174. The van der Waals surface area contributed by atoms with Crippen LogP contribution >= 0.6 is 11.6 Å². The van der Waals surface area contributed by atoms with Crippen LogP contribution in [0.1, 0.15) is 32.9 Å². The molecule has 0 bridgehead atoms. The molecule has 4 aromatic rings. The first-order valence-electron chi connectivity index (χ1n) is 9.71. The van der Waals surface area contributed by atoms with Gasteiger partial charge in [0.05, 0.1) is 29.7 Å². The molecule has 2 aromatic heterocycles. The average molecular weight is 437 g/mol. The maximum absolute atomic E-state index is 12.5. The Bertz CT molecular complexity index is 1180. The predicted molar refractivity (Wildman–Crippen MR) is 117 cm³/mol. The van der Waals surface area contributed by atoms with Crippen molar-refractivity contribution in [1.29, 1.82) is 0 Å². The van der Waals surface area contributed by atoms with E-state index in [0.717, 1.165) is 22.6 Å². The Balaban J connectivity index is 1.34. The minimum Gasteiger partial charge on any atom is -0.489 e. The zero-order chi connectivity index (χ0) is 21.8. The molecule has 0 radical (unpaired) electrons. The van der Waals surface area contributed by atoms with Gasteiger partial charge in [0, 0.05) is 16.8 Å². The average Bonchev–Trinajstić information content (AvgIpc) is 3.32. The molecule has 0 saturated carbocycles. The monoisotopic (exact) mass is 436 g/mol. The van der Waals surface area contributed by atoms with Crippen LogP contribution in [0, 0.1) is 13.8 Å². The highest BCUT2D eigenvalue weighted by Gasteiger charge is 2.11. The van der Waals surface area contributed by atoms with Gasteiger partial charge in [-0.2, -0.15) is 5.10 Å². The van der Waals surface area contributed by atoms with Gasteiger partial charge in [-0.15, -0.1) is 0 Å². The summed E-state index contributed by atoms with van der Waals surface area (Å²) >= 11 is 6.02. The van der Waals surface area contributed by atoms with E-state index in [4.69, 9.17) is 20.9 Å². The highest BCUT2D eigenvalue weighted by atomic mass is 35.5. The van der Waals surface area contributed by atoms with E-state index in [1.165, 1.54) is 0 Å². The lowest BCUT2D eigenvalue weighted by Crippen LogP contribution is -2.11. The van der Waals surface area contributed by atoms with E-state index in [1.54, 1.807) is 41.3 Å². The smallest absolute Gasteiger partial charge is 0.255 e. The minimum atomic E-state index is -0.223. The molecule has 0 aliphatic heterocycles. The second-order valence-electron chi connectivity index (χ2n) is 7.13. The van der Waals surface area contributed by atoms with Crippen molar-refractivity contribution in [3.8, 4) is 5.75 Å². The number of carbonyl (C=O) groups excluding carboxylic acids is 1. The van der Waals surface area contributed by atoms with Gasteiger partial charge in [-0.3, -0.25) is 9.48 Å². The van der Waals surface area contributed by atoms with Crippen LogP contribution in [0.15, 0.2) is 65.4 Å². The van der Waals surface area contributed by atoms with E-state index in [9.17, 15) is 4.79 Å². The van der Waals surface area contributed by atoms with Crippen molar-refractivity contribution >= 4 is 23.2 Å². The predicted octanol–water partition coefficient (Wildman–Crippen LogP) is 5.02. The number of amides is 1. The maximum Gasteiger partial charge on any atom is 0.255 e. The minimum absolute atomic E-state index is 0.223. The highest BCUT2D eigenvalue weighted by Crippen LogP contribution is 2.19. The molecule has 158 valence electrons. The molecule has 4 rings (SSSR count). The van der Waals surface area contributed by atoms with E-state index >= 15 is 0 Å². The van der Waals surface area contributed by atoms with Crippen LogP contribution in [0.25, 0.3) is 0 Å². The number of anilines is 1. The number of hydrogen-bond acceptors (Lipinski definition) is 5. The number of hydrogen-bond donors (Lipinski definition) is 1. The molecule has 0 aliphatic rings. The summed E-state index contributed by atoms with van der Waals surface area (Å²) in [5, 5.41) is 11.7. The molecule has 0 aliphatic carbocycles. The van der Waals surface area contributed by atoms with E-state index in [-0.39, 0.29) is 5.91 Å². The summed E-state index contributed by atoms with van der Waals surface area (Å²) in [6, 6.07) is 14.5. The van der Waals surface area contributed by atoms with Crippen LogP contribution in [0.4, 0.5) is 5.69 Å². The van der Waals surface area contributed by atoms with Crippen LogP contribution in [0.5, 0.6) is 5.75 Å². The van der Waals surface area contributed by atoms with Crippen LogP contribution in [-0.4, -0.2) is 20.8 Å². The number of ether oxygens (including phenoxy) is 1. The van der Waals surface area contributed by atoms with Crippen molar-refractivity contribution < 1.29 is 14.1 Å². The number of nitrogens with one attached hydrogen (secondary N) is 1. The third-order valence-corrected chi connectivity index (χ3v) is 5.04. The van der Waals surface area contributed by atoms with Crippen molar-refractivity contribution in [2.45, 2.75) is 27.0 Å². The van der Waals surface area contributed by atoms with Gasteiger partial charge in [0.1, 0.15) is 18.1 Å². The zero-order valence-corrected chi connectivity index (χ0v) is 17.9. The standard InChI is InChI=1S/C23H21ClN4O3/c1-15-22(16(2)31-27-15)14-30-21-8-6-18(7-9-21)23(29)26-20-11-25-28(13-20)12-17-4-3-5-19(24)10-17/h3-11,13H,12,14H2,1-2H3,(H,26,29). The van der Waals surface area contributed by atoms with Gasteiger partial charge >= 0.3 is 0 Å². The first-order valence-corrected chi connectivity index (χ1v) is 10.1. The molecule has 7 nitrogen and oxygen atoms in total. The summed E-state index contributed by atoms with van der Waals surface area (Å²) in [5.41, 5.74) is 3.90. The second kappa shape index (κ2) is 9.06. The Kier molecular flexibility index (Phi) is 6.04. The lowest BCUT2D eigenvalue weighted by molar-refractivity contribution is 0.102. The summed E-state index contributed by atoms with van der Waals surface area (Å²) < 4.78 is 12.7. The van der Waals surface area contributed by atoms with Crippen molar-refractivity contribution in [2.75, 3.05) is 5.32 Å². The molecule has 2 aromatic carbocycles. The normalized spacial score (nSPS) is 10.8. The van der Waals surface area contributed by atoms with E-state index in [0.29, 0.717) is 35.2 Å². The van der Waals surface area contributed by atoms with E-state index in [2.05, 4.69) is 15.6 Å². The number of aryl methyl sites for hydroxylation is 2. The number of nitrogens with zero attached hydrogens (tertiary/aromatic N) is 3. The Morgan fingerprint density at radius 3 is 2.71 bits per heavy atom. The molecule has 1 amide bonds. The number of benzene rings is 2. The second-order valence-corrected chi connectivity index (χ2v) is 7.56. The molecule has 0 atom stereocenters. The molecule has 1 N–H and O–H groups in total. The summed E-state index contributed by atoms with van der Waals surface area (Å²) in [6.07, 6.45) is 3.39. The summed E-state index contributed by atoms with van der Waals surface area (Å²) in [5.74, 6) is 1.18. The number of halogens is 1. The molecule has 0 saturated heterocycles. The Labute approximate surface area is 184 Å². The van der Waals surface area contributed by atoms with Crippen molar-refractivity contribution in [1.82, 2.24) is 14.9 Å². The zero-order valence-electron chi connectivity index (χ0n) is 17.1. The summed E-state index contributed by atoms with van der Waals surface area (Å²) in [7, 11) is 0. The number of rotatable bonds is 7. The number of carbonyl (C=O) groups is 1. The van der Waals surface area contributed by atoms with Crippen LogP contribution in [0.2, 0.25) is 5.02 Å². The SMILES string of the molecule is Cc1noc(C)c1COc1ccc(C(=O)Nc2cnn(Cc3cccc(Cl)c3)c2)cc1. The van der Waals surface area contributed by atoms with Gasteiger partial charge in [0.25, 0.3) is 5.91 Å². The number of aromatic nitrogens is 3. The van der Waals surface area contributed by atoms with Gasteiger partial charge in [-0.25, -0.2) is 0 Å². The Morgan fingerprint density at radius 1 is 1.19 bits per heavy atom. The van der Waals surface area contributed by atoms with E-state index < -0.39 is 0 Å². The fourth-order valence-corrected chi connectivity index (χ4v) is 3.32. The lowest BCUT2D eigenvalue weighted by Gasteiger charge is -2.07. The molecule has 8 heteroatoms. The molecular formula is C23H21ClN4O3. The van der Waals surface area contributed by atoms with Crippen LogP contribution in [-0.2, 0) is 13.2 Å². The highest BCUT2D eigenvalue weighted by molar-refractivity contribution is 6.30. The van der Waals surface area contributed by atoms with Gasteiger partial charge < -0.3 is 14.6 Å². The molecule has 31 heavy (non-hydrogen) atoms. The molecule has 0 fully saturated rings. The van der Waals surface area contributed by atoms with Crippen molar-refractivity contribution in [3.05, 3.63) is 94.1 Å². The molecular weight excluding hydrogens is 416 g/mol. The van der Waals surface area contributed by atoms with Crippen LogP contribution < -0.4 is 10.1 Å². The first-order chi connectivity index (χ1) is 15.0.